The predicted octanol–water partition coefficient (Wildman–Crippen LogP) is 2.49. The van der Waals surface area contributed by atoms with E-state index in [-0.39, 0.29) is 53.6 Å². The van der Waals surface area contributed by atoms with E-state index in [1.165, 1.54) is 19.3 Å². The molecule has 1 heterocycles. The van der Waals surface area contributed by atoms with Crippen molar-refractivity contribution >= 4 is 60.6 Å². The Kier molecular flexibility index (Phi) is 4.92. The van der Waals surface area contributed by atoms with E-state index in [0.29, 0.717) is 0 Å². The van der Waals surface area contributed by atoms with Crippen LogP contribution in [0.3, 0.4) is 0 Å². The molecule has 14 heavy (non-hydrogen) atoms. The number of allylic oxidation sites excluding steroid dienone is 2. The molecule has 2 radical (unpaired) electrons. The molecule has 0 aromatic carbocycles. The Bertz CT molecular complexity index is 264. The number of fused-ring (bicyclic) bond motifs is 1. The molecule has 2 atom stereocenters. The van der Waals surface area contributed by atoms with Crippen LogP contribution in [0.25, 0.3) is 0 Å². The molecule has 1 fully saturated rings. The van der Waals surface area contributed by atoms with Gasteiger partial charge in [0.1, 0.15) is 4.93 Å². The Morgan fingerprint density at radius 1 is 1.21 bits per heavy atom. The molecular formula is C11H16BaOS. The third-order valence-corrected chi connectivity index (χ3v) is 4.48. The predicted molar refractivity (Wildman–Crippen MR) is 63.4 cm³/mol. The van der Waals surface area contributed by atoms with Crippen molar-refractivity contribution in [2.45, 2.75) is 42.3 Å². The van der Waals surface area contributed by atoms with Gasteiger partial charge in [-0.15, -0.1) is 11.8 Å². The minimum absolute atomic E-state index is 0. The molecule has 2 rings (SSSR count). The van der Waals surface area contributed by atoms with Gasteiger partial charge >= 0.3 is 0 Å². The van der Waals surface area contributed by atoms with Crippen LogP contribution in [0.2, 0.25) is 0 Å². The van der Waals surface area contributed by atoms with Gasteiger partial charge < -0.3 is 5.11 Å². The normalized spacial score (nSPS) is 37.6. The van der Waals surface area contributed by atoms with Crippen molar-refractivity contribution in [1.82, 2.24) is 0 Å². The topological polar surface area (TPSA) is 20.2 Å². The Balaban J connectivity index is 0.000000980. The molecular weight excluding hydrogens is 318 g/mol. The molecule has 3 heteroatoms. The third-order valence-electron chi connectivity index (χ3n) is 2.85. The summed E-state index contributed by atoms with van der Waals surface area (Å²) in [6.07, 6.45) is 12.9. The zero-order valence-electron chi connectivity index (χ0n) is 8.70. The second-order valence-corrected chi connectivity index (χ2v) is 5.42. The van der Waals surface area contributed by atoms with E-state index in [4.69, 9.17) is 0 Å². The maximum Gasteiger partial charge on any atom is 0.148 e. The van der Waals surface area contributed by atoms with Gasteiger partial charge in [-0.2, -0.15) is 0 Å². The van der Waals surface area contributed by atoms with Gasteiger partial charge in [0.2, 0.25) is 0 Å². The van der Waals surface area contributed by atoms with E-state index in [2.05, 4.69) is 19.1 Å². The van der Waals surface area contributed by atoms with Crippen LogP contribution in [0.4, 0.5) is 0 Å². The maximum atomic E-state index is 10.0. The number of rotatable bonds is 4. The fourth-order valence-corrected chi connectivity index (χ4v) is 3.21. The van der Waals surface area contributed by atoms with Crippen LogP contribution >= 0.6 is 11.8 Å². The van der Waals surface area contributed by atoms with Gasteiger partial charge in [-0.1, -0.05) is 44.4 Å². The van der Waals surface area contributed by atoms with Crippen molar-refractivity contribution in [2.75, 3.05) is 0 Å². The first-order valence-corrected chi connectivity index (χ1v) is 5.84. The quantitative estimate of drug-likeness (QED) is 0.484. The Labute approximate surface area is 130 Å². The summed E-state index contributed by atoms with van der Waals surface area (Å²) in [5.74, 6) is 0. The summed E-state index contributed by atoms with van der Waals surface area (Å²) in [7, 11) is 0. The van der Waals surface area contributed by atoms with Crippen molar-refractivity contribution in [3.8, 4) is 0 Å². The standard InChI is InChI=1S/C11H16OS.Ba/c1-2-3-4-7-10-8-5-6-9-11(10,12)13-10;/h5-6,8-9,12H,2-4,7H2,1H3;. The molecule has 1 nitrogen and oxygen atoms in total. The van der Waals surface area contributed by atoms with Crippen molar-refractivity contribution in [2.24, 2.45) is 0 Å². The molecule has 1 aliphatic carbocycles. The molecule has 1 N–H and O–H groups in total. The third kappa shape index (κ3) is 2.37. The second-order valence-electron chi connectivity index (χ2n) is 3.86. The van der Waals surface area contributed by atoms with Gasteiger partial charge in [0.25, 0.3) is 0 Å². The number of unbranched alkanes of at least 4 members (excludes halogenated alkanes) is 2. The maximum absolute atomic E-state index is 10.0. The van der Waals surface area contributed by atoms with Crippen molar-refractivity contribution in [3.05, 3.63) is 24.3 Å². The monoisotopic (exact) mass is 334 g/mol. The van der Waals surface area contributed by atoms with Crippen LogP contribution in [0.5, 0.6) is 0 Å². The number of hydrogen-bond acceptors (Lipinski definition) is 2. The molecule has 0 bridgehead atoms. The van der Waals surface area contributed by atoms with Crippen molar-refractivity contribution in [1.29, 1.82) is 0 Å². The van der Waals surface area contributed by atoms with Crippen LogP contribution in [-0.4, -0.2) is 63.7 Å². The molecule has 1 aliphatic heterocycles. The van der Waals surface area contributed by atoms with Gasteiger partial charge in [0, 0.05) is 48.9 Å². The van der Waals surface area contributed by atoms with E-state index in [1.54, 1.807) is 11.8 Å². The zero-order valence-corrected chi connectivity index (χ0v) is 14.0. The molecule has 0 saturated carbocycles. The summed E-state index contributed by atoms with van der Waals surface area (Å²) < 4.78 is 0.0386. The molecule has 1 saturated heterocycles. The summed E-state index contributed by atoms with van der Waals surface area (Å²) in [6, 6.07) is 0. The molecule has 0 aromatic rings. The first-order chi connectivity index (χ1) is 6.22. The summed E-state index contributed by atoms with van der Waals surface area (Å²) in [5, 5.41) is 10.0. The zero-order chi connectivity index (χ0) is 9.36. The van der Waals surface area contributed by atoms with E-state index < -0.39 is 4.93 Å². The van der Waals surface area contributed by atoms with Crippen molar-refractivity contribution < 1.29 is 5.11 Å². The molecule has 2 aliphatic rings. The molecule has 74 valence electrons. The summed E-state index contributed by atoms with van der Waals surface area (Å²) in [6.45, 7) is 2.21. The summed E-state index contributed by atoms with van der Waals surface area (Å²) >= 11 is 1.68. The van der Waals surface area contributed by atoms with E-state index in [9.17, 15) is 5.11 Å². The molecule has 0 aromatic heterocycles. The Hall–Kier alpha value is 1.36. The second kappa shape index (κ2) is 5.13. The molecule has 0 amide bonds. The van der Waals surface area contributed by atoms with Gasteiger partial charge in [-0.05, 0) is 12.5 Å². The average Bonchev–Trinajstić information content (AvgIpc) is 2.72. The number of thioether (sulfide) groups is 1. The number of hydrogen-bond donors (Lipinski definition) is 1. The minimum atomic E-state index is -0.560. The van der Waals surface area contributed by atoms with E-state index in [0.717, 1.165) is 6.42 Å². The van der Waals surface area contributed by atoms with E-state index >= 15 is 0 Å². The van der Waals surface area contributed by atoms with Crippen LogP contribution in [0.15, 0.2) is 24.3 Å². The van der Waals surface area contributed by atoms with Crippen LogP contribution in [0.1, 0.15) is 32.6 Å². The number of aliphatic hydroxyl groups is 1. The molecule has 2 unspecified atom stereocenters. The minimum Gasteiger partial charge on any atom is -0.374 e. The largest absolute Gasteiger partial charge is 0.374 e. The first kappa shape index (κ1) is 13.4. The fourth-order valence-electron chi connectivity index (χ4n) is 1.93. The van der Waals surface area contributed by atoms with E-state index in [1.807, 2.05) is 12.2 Å². The summed E-state index contributed by atoms with van der Waals surface area (Å²) in [5.41, 5.74) is 0. The van der Waals surface area contributed by atoms with Gasteiger partial charge in [-0.25, -0.2) is 0 Å². The average molecular weight is 334 g/mol. The SMILES string of the molecule is CCCCCC12C=CC=CC1(O)S2.[Ba]. The summed E-state index contributed by atoms with van der Waals surface area (Å²) in [4.78, 5) is -0.560. The van der Waals surface area contributed by atoms with Gasteiger partial charge in [0.05, 0.1) is 4.75 Å². The van der Waals surface area contributed by atoms with Crippen LogP contribution in [0, 0.1) is 0 Å². The fraction of sp³-hybridized carbons (Fsp3) is 0.636. The first-order valence-electron chi connectivity index (χ1n) is 5.02. The Morgan fingerprint density at radius 3 is 2.57 bits per heavy atom. The van der Waals surface area contributed by atoms with Gasteiger partial charge in [0.15, 0.2) is 0 Å². The smallest absolute Gasteiger partial charge is 0.148 e. The molecule has 0 spiro atoms. The van der Waals surface area contributed by atoms with Gasteiger partial charge in [-0.3, -0.25) is 0 Å². The Morgan fingerprint density at radius 2 is 1.93 bits per heavy atom. The van der Waals surface area contributed by atoms with Crippen molar-refractivity contribution in [3.63, 3.8) is 0 Å². The van der Waals surface area contributed by atoms with Crippen LogP contribution < -0.4 is 0 Å². The van der Waals surface area contributed by atoms with Crippen LogP contribution in [-0.2, 0) is 0 Å².